The van der Waals surface area contributed by atoms with Crippen molar-refractivity contribution in [2.24, 2.45) is 0 Å². The molecule has 4 rings (SSSR count). The number of hydrogen-bond donors (Lipinski definition) is 2. The third-order valence-electron chi connectivity index (χ3n) is 4.86. The molecule has 6 heteroatoms. The van der Waals surface area contributed by atoms with Gasteiger partial charge in [0.15, 0.2) is 0 Å². The zero-order valence-electron chi connectivity index (χ0n) is 15.0. The molecular formula is C21H20N4O2. The van der Waals surface area contributed by atoms with E-state index in [0.29, 0.717) is 23.9 Å². The average Bonchev–Trinajstić information content (AvgIpc) is 3.11. The van der Waals surface area contributed by atoms with Gasteiger partial charge in [0.1, 0.15) is 6.04 Å². The third-order valence-corrected chi connectivity index (χ3v) is 4.86. The number of rotatable bonds is 5. The monoisotopic (exact) mass is 360 g/mol. The van der Waals surface area contributed by atoms with Crippen LogP contribution >= 0.6 is 0 Å². The van der Waals surface area contributed by atoms with Crippen molar-refractivity contribution in [3.05, 3.63) is 77.0 Å². The number of aromatic amines is 1. The Bertz CT molecular complexity index is 1180. The Morgan fingerprint density at radius 3 is 2.74 bits per heavy atom. The van der Waals surface area contributed by atoms with Gasteiger partial charge in [-0.05, 0) is 37.1 Å². The fourth-order valence-electron chi connectivity index (χ4n) is 3.29. The van der Waals surface area contributed by atoms with Crippen LogP contribution in [0.15, 0.2) is 65.8 Å². The maximum Gasteiger partial charge on any atom is 0.261 e. The standard InChI is InChI=1S/C21H20N4O2/c1-14(25-13-24-19-9-5-3-7-17(19)21(25)27)20(26)22-11-10-15-12-23-18-8-4-2-6-16(15)18/h2-9,12-14,23H,10-11H2,1H3,(H,22,26)/t14-/m1/s1. The maximum atomic E-state index is 12.6. The predicted octanol–water partition coefficient (Wildman–Crippen LogP) is 2.80. The average molecular weight is 360 g/mol. The molecule has 0 aliphatic rings. The van der Waals surface area contributed by atoms with E-state index in [1.54, 1.807) is 25.1 Å². The molecule has 0 spiro atoms. The molecule has 0 aliphatic carbocycles. The van der Waals surface area contributed by atoms with Crippen LogP contribution in [0, 0.1) is 0 Å². The molecule has 136 valence electrons. The fourth-order valence-corrected chi connectivity index (χ4v) is 3.29. The Kier molecular flexibility index (Phi) is 4.46. The van der Waals surface area contributed by atoms with Crippen molar-refractivity contribution in [3.63, 3.8) is 0 Å². The molecule has 0 saturated carbocycles. The Morgan fingerprint density at radius 2 is 1.89 bits per heavy atom. The summed E-state index contributed by atoms with van der Waals surface area (Å²) in [6.45, 7) is 2.21. The first kappa shape index (κ1) is 17.0. The second-order valence-electron chi connectivity index (χ2n) is 6.55. The number of aromatic nitrogens is 3. The molecule has 2 aromatic carbocycles. The van der Waals surface area contributed by atoms with Crippen molar-refractivity contribution in [1.29, 1.82) is 0 Å². The summed E-state index contributed by atoms with van der Waals surface area (Å²) in [6.07, 6.45) is 4.12. The van der Waals surface area contributed by atoms with E-state index < -0.39 is 6.04 Å². The van der Waals surface area contributed by atoms with Crippen LogP contribution in [0.25, 0.3) is 21.8 Å². The lowest BCUT2D eigenvalue weighted by molar-refractivity contribution is -0.123. The molecule has 0 aliphatic heterocycles. The summed E-state index contributed by atoms with van der Waals surface area (Å²) < 4.78 is 1.38. The van der Waals surface area contributed by atoms with Crippen LogP contribution in [-0.2, 0) is 11.2 Å². The van der Waals surface area contributed by atoms with E-state index >= 15 is 0 Å². The first-order chi connectivity index (χ1) is 13.1. The summed E-state index contributed by atoms with van der Waals surface area (Å²) in [5, 5.41) is 4.59. The van der Waals surface area contributed by atoms with Crippen LogP contribution in [0.1, 0.15) is 18.5 Å². The van der Waals surface area contributed by atoms with E-state index in [4.69, 9.17) is 0 Å². The van der Waals surface area contributed by atoms with Crippen LogP contribution < -0.4 is 10.9 Å². The number of benzene rings is 2. The Hall–Kier alpha value is -3.41. The number of carbonyl (C=O) groups is 1. The van der Waals surface area contributed by atoms with Crippen molar-refractivity contribution in [2.45, 2.75) is 19.4 Å². The lowest BCUT2D eigenvalue weighted by Crippen LogP contribution is -2.36. The summed E-state index contributed by atoms with van der Waals surface area (Å²) in [5.41, 5.74) is 2.66. The van der Waals surface area contributed by atoms with Crippen molar-refractivity contribution in [3.8, 4) is 0 Å². The number of amides is 1. The van der Waals surface area contributed by atoms with Gasteiger partial charge in [-0.3, -0.25) is 14.2 Å². The summed E-state index contributed by atoms with van der Waals surface area (Å²) in [6, 6.07) is 14.6. The van der Waals surface area contributed by atoms with Gasteiger partial charge < -0.3 is 10.3 Å². The number of nitrogens with zero attached hydrogens (tertiary/aromatic N) is 2. The van der Waals surface area contributed by atoms with Crippen LogP contribution in [0.3, 0.4) is 0 Å². The van der Waals surface area contributed by atoms with Gasteiger partial charge in [-0.1, -0.05) is 30.3 Å². The minimum absolute atomic E-state index is 0.200. The number of hydrogen-bond acceptors (Lipinski definition) is 3. The molecule has 0 bridgehead atoms. The lowest BCUT2D eigenvalue weighted by Gasteiger charge is -2.15. The lowest BCUT2D eigenvalue weighted by atomic mass is 10.1. The van der Waals surface area contributed by atoms with Crippen LogP contribution in [0.2, 0.25) is 0 Å². The molecule has 1 atom stereocenters. The Morgan fingerprint density at radius 1 is 1.15 bits per heavy atom. The largest absolute Gasteiger partial charge is 0.361 e. The molecule has 2 aromatic heterocycles. The molecule has 0 fully saturated rings. The Labute approximate surface area is 155 Å². The summed E-state index contributed by atoms with van der Waals surface area (Å²) in [5.74, 6) is -0.200. The number of para-hydroxylation sites is 2. The van der Waals surface area contributed by atoms with Gasteiger partial charge in [0.2, 0.25) is 5.91 Å². The zero-order chi connectivity index (χ0) is 18.8. The fraction of sp³-hybridized carbons (Fsp3) is 0.190. The number of H-pyrrole nitrogens is 1. The van der Waals surface area contributed by atoms with Gasteiger partial charge in [-0.2, -0.15) is 0 Å². The molecule has 27 heavy (non-hydrogen) atoms. The van der Waals surface area contributed by atoms with E-state index in [1.165, 1.54) is 10.9 Å². The first-order valence-electron chi connectivity index (χ1n) is 8.94. The third kappa shape index (κ3) is 3.21. The van der Waals surface area contributed by atoms with Crippen molar-refractivity contribution in [2.75, 3.05) is 6.54 Å². The highest BCUT2D eigenvalue weighted by molar-refractivity contribution is 5.83. The SMILES string of the molecule is C[C@H](C(=O)NCCc1c[nH]c2ccccc12)n1cnc2ccccc2c1=O. The molecular weight excluding hydrogens is 340 g/mol. The van der Waals surface area contributed by atoms with Crippen LogP contribution in [-0.4, -0.2) is 27.0 Å². The molecule has 1 amide bonds. The highest BCUT2D eigenvalue weighted by Gasteiger charge is 2.17. The maximum absolute atomic E-state index is 12.6. The number of carbonyl (C=O) groups excluding carboxylic acids is 1. The molecule has 0 saturated heterocycles. The van der Waals surface area contributed by atoms with Crippen molar-refractivity contribution >= 4 is 27.7 Å². The van der Waals surface area contributed by atoms with Crippen molar-refractivity contribution < 1.29 is 4.79 Å². The normalized spacial score (nSPS) is 12.3. The van der Waals surface area contributed by atoms with Gasteiger partial charge in [0, 0.05) is 23.6 Å². The Balaban J connectivity index is 1.45. The van der Waals surface area contributed by atoms with Crippen LogP contribution in [0.5, 0.6) is 0 Å². The van der Waals surface area contributed by atoms with Gasteiger partial charge in [0.25, 0.3) is 5.56 Å². The summed E-state index contributed by atoms with van der Waals surface area (Å²) >= 11 is 0. The topological polar surface area (TPSA) is 79.8 Å². The van der Waals surface area contributed by atoms with E-state index in [1.807, 2.05) is 30.5 Å². The van der Waals surface area contributed by atoms with Gasteiger partial charge in [0.05, 0.1) is 17.2 Å². The minimum atomic E-state index is -0.627. The van der Waals surface area contributed by atoms with E-state index in [9.17, 15) is 9.59 Å². The zero-order valence-corrected chi connectivity index (χ0v) is 15.0. The van der Waals surface area contributed by atoms with E-state index in [-0.39, 0.29) is 11.5 Å². The van der Waals surface area contributed by atoms with Crippen LogP contribution in [0.4, 0.5) is 0 Å². The van der Waals surface area contributed by atoms with Crippen molar-refractivity contribution in [1.82, 2.24) is 19.9 Å². The van der Waals surface area contributed by atoms with Gasteiger partial charge >= 0.3 is 0 Å². The van der Waals surface area contributed by atoms with E-state index in [2.05, 4.69) is 21.4 Å². The van der Waals surface area contributed by atoms with Gasteiger partial charge in [-0.15, -0.1) is 0 Å². The minimum Gasteiger partial charge on any atom is -0.361 e. The predicted molar refractivity (Wildman–Crippen MR) is 106 cm³/mol. The first-order valence-corrected chi connectivity index (χ1v) is 8.94. The number of nitrogens with one attached hydrogen (secondary N) is 2. The summed E-state index contributed by atoms with van der Waals surface area (Å²) in [4.78, 5) is 32.6. The van der Waals surface area contributed by atoms with E-state index in [0.717, 1.165) is 16.5 Å². The second-order valence-corrected chi connectivity index (χ2v) is 6.55. The molecule has 0 unspecified atom stereocenters. The molecule has 2 N–H and O–H groups in total. The quantitative estimate of drug-likeness (QED) is 0.574. The summed E-state index contributed by atoms with van der Waals surface area (Å²) in [7, 11) is 0. The highest BCUT2D eigenvalue weighted by atomic mass is 16.2. The molecule has 6 nitrogen and oxygen atoms in total. The smallest absolute Gasteiger partial charge is 0.261 e. The second kappa shape index (κ2) is 7.07. The number of fused-ring (bicyclic) bond motifs is 2. The molecule has 2 heterocycles. The van der Waals surface area contributed by atoms with Gasteiger partial charge in [-0.25, -0.2) is 4.98 Å². The highest BCUT2D eigenvalue weighted by Crippen LogP contribution is 2.17. The molecule has 4 aromatic rings. The molecule has 0 radical (unpaired) electrons.